The Hall–Kier alpha value is -1.49. The van der Waals surface area contributed by atoms with E-state index in [1.807, 2.05) is 18.4 Å². The Labute approximate surface area is 124 Å². The van der Waals surface area contributed by atoms with Gasteiger partial charge in [-0.15, -0.1) is 0 Å². The lowest BCUT2D eigenvalue weighted by molar-refractivity contribution is -0.142. The highest BCUT2D eigenvalue weighted by Gasteiger charge is 2.32. The Bertz CT molecular complexity index is 477. The minimum atomic E-state index is -1.02. The molecule has 0 heterocycles. The molecule has 0 aromatic heterocycles. The van der Waals surface area contributed by atoms with Gasteiger partial charge in [0.25, 0.3) is 5.91 Å². The maximum absolute atomic E-state index is 12.1. The molecule has 0 aliphatic heterocycles. The summed E-state index contributed by atoms with van der Waals surface area (Å²) in [6, 6.07) is 6.31. The summed E-state index contributed by atoms with van der Waals surface area (Å²) in [6.45, 7) is 5.36. The van der Waals surface area contributed by atoms with Crippen LogP contribution < -0.4 is 5.32 Å². The molecule has 1 amide bonds. The van der Waals surface area contributed by atoms with E-state index in [9.17, 15) is 14.7 Å². The molecule has 0 saturated carbocycles. The summed E-state index contributed by atoms with van der Waals surface area (Å²) in [5.41, 5.74) is 1.07. The summed E-state index contributed by atoms with van der Waals surface area (Å²) in [5.74, 6) is -0.491. The molecule has 0 unspecified atom stereocenters. The SMILES string of the molecule is CSCc1ccc(C(=O)N[C@@H](C(=O)O)C(C)(C)C)cc1. The molecule has 0 radical (unpaired) electrons. The summed E-state index contributed by atoms with van der Waals surface area (Å²) >= 11 is 1.71. The average Bonchev–Trinajstić information content (AvgIpc) is 2.35. The summed E-state index contributed by atoms with van der Waals surface area (Å²) in [5, 5.41) is 11.8. The van der Waals surface area contributed by atoms with Crippen LogP contribution in [-0.4, -0.2) is 29.3 Å². The lowest BCUT2D eigenvalue weighted by Crippen LogP contribution is -2.49. The molecule has 2 N–H and O–H groups in total. The standard InChI is InChI=1S/C15H21NO3S/c1-15(2,3)12(14(18)19)16-13(17)11-7-5-10(6-8-11)9-20-4/h5-8,12H,9H2,1-4H3,(H,16,17)(H,18,19)/t12-/m0/s1. The molecule has 5 heteroatoms. The highest BCUT2D eigenvalue weighted by molar-refractivity contribution is 7.97. The van der Waals surface area contributed by atoms with Crippen LogP contribution >= 0.6 is 11.8 Å². The van der Waals surface area contributed by atoms with Crippen molar-refractivity contribution in [3.8, 4) is 0 Å². The first-order chi connectivity index (χ1) is 9.25. The second kappa shape index (κ2) is 6.79. The Morgan fingerprint density at radius 2 is 1.80 bits per heavy atom. The summed E-state index contributed by atoms with van der Waals surface area (Å²) < 4.78 is 0. The van der Waals surface area contributed by atoms with E-state index in [2.05, 4.69) is 5.32 Å². The molecule has 0 aliphatic rings. The van der Waals surface area contributed by atoms with Gasteiger partial charge in [0, 0.05) is 11.3 Å². The number of hydrogen-bond donors (Lipinski definition) is 2. The van der Waals surface area contributed by atoms with Crippen LogP contribution in [0.25, 0.3) is 0 Å². The molecule has 0 spiro atoms. The molecular formula is C15H21NO3S. The number of carboxylic acid groups (broad SMARTS) is 1. The highest BCUT2D eigenvalue weighted by Crippen LogP contribution is 2.20. The van der Waals surface area contributed by atoms with E-state index in [1.54, 1.807) is 44.7 Å². The number of carbonyl (C=O) groups is 2. The van der Waals surface area contributed by atoms with Crippen LogP contribution in [0.2, 0.25) is 0 Å². The predicted octanol–water partition coefficient (Wildman–Crippen LogP) is 2.78. The Balaban J connectivity index is 2.81. The Morgan fingerprint density at radius 1 is 1.25 bits per heavy atom. The summed E-state index contributed by atoms with van der Waals surface area (Å²) in [6.07, 6.45) is 2.02. The zero-order valence-corrected chi connectivity index (χ0v) is 13.1. The third-order valence-corrected chi connectivity index (χ3v) is 3.54. The van der Waals surface area contributed by atoms with Gasteiger partial charge >= 0.3 is 5.97 Å². The number of thioether (sulfide) groups is 1. The fourth-order valence-electron chi connectivity index (χ4n) is 1.78. The minimum Gasteiger partial charge on any atom is -0.480 e. The van der Waals surface area contributed by atoms with Crippen molar-refractivity contribution < 1.29 is 14.7 Å². The van der Waals surface area contributed by atoms with Crippen molar-refractivity contribution in [2.45, 2.75) is 32.6 Å². The number of nitrogens with one attached hydrogen (secondary N) is 1. The Morgan fingerprint density at radius 3 is 2.20 bits per heavy atom. The minimum absolute atomic E-state index is 0.358. The van der Waals surface area contributed by atoms with E-state index >= 15 is 0 Å². The van der Waals surface area contributed by atoms with E-state index in [0.717, 1.165) is 11.3 Å². The first kappa shape index (κ1) is 16.6. The molecule has 1 aromatic carbocycles. The van der Waals surface area contributed by atoms with E-state index in [1.165, 1.54) is 0 Å². The van der Waals surface area contributed by atoms with Gasteiger partial charge in [0.15, 0.2) is 0 Å². The molecule has 0 aliphatic carbocycles. The topological polar surface area (TPSA) is 66.4 Å². The predicted molar refractivity (Wildman–Crippen MR) is 82.0 cm³/mol. The molecule has 1 aromatic rings. The normalized spacial score (nSPS) is 12.8. The van der Waals surface area contributed by atoms with Crippen LogP contribution in [0.3, 0.4) is 0 Å². The van der Waals surface area contributed by atoms with Gasteiger partial charge in [-0.1, -0.05) is 32.9 Å². The van der Waals surface area contributed by atoms with Crippen molar-refractivity contribution in [3.05, 3.63) is 35.4 Å². The van der Waals surface area contributed by atoms with Crippen LogP contribution in [0.1, 0.15) is 36.7 Å². The van der Waals surface area contributed by atoms with Gasteiger partial charge in [-0.25, -0.2) is 4.79 Å². The number of amides is 1. The maximum atomic E-state index is 12.1. The van der Waals surface area contributed by atoms with Crippen molar-refractivity contribution >= 4 is 23.6 Å². The van der Waals surface area contributed by atoms with Gasteiger partial charge in [0.2, 0.25) is 0 Å². The van der Waals surface area contributed by atoms with E-state index in [4.69, 9.17) is 0 Å². The molecule has 0 fully saturated rings. The molecule has 1 atom stereocenters. The molecule has 20 heavy (non-hydrogen) atoms. The van der Waals surface area contributed by atoms with Crippen LogP contribution in [0, 0.1) is 5.41 Å². The third-order valence-electron chi connectivity index (χ3n) is 2.92. The van der Waals surface area contributed by atoms with Crippen LogP contribution in [0.5, 0.6) is 0 Å². The van der Waals surface area contributed by atoms with E-state index < -0.39 is 17.4 Å². The lowest BCUT2D eigenvalue weighted by atomic mass is 9.86. The number of carboxylic acids is 1. The zero-order valence-electron chi connectivity index (χ0n) is 12.3. The number of benzene rings is 1. The van der Waals surface area contributed by atoms with Gasteiger partial charge in [-0.05, 0) is 29.4 Å². The molecule has 4 nitrogen and oxygen atoms in total. The third kappa shape index (κ3) is 4.56. The Kier molecular flexibility index (Phi) is 5.62. The van der Waals surface area contributed by atoms with Crippen molar-refractivity contribution in [2.75, 3.05) is 6.26 Å². The fraction of sp³-hybridized carbons (Fsp3) is 0.467. The van der Waals surface area contributed by atoms with E-state index in [-0.39, 0.29) is 5.91 Å². The monoisotopic (exact) mass is 295 g/mol. The zero-order chi connectivity index (χ0) is 15.3. The smallest absolute Gasteiger partial charge is 0.326 e. The van der Waals surface area contributed by atoms with Gasteiger partial charge in [0.05, 0.1) is 0 Å². The molecule has 0 bridgehead atoms. The van der Waals surface area contributed by atoms with Crippen molar-refractivity contribution in [1.29, 1.82) is 0 Å². The first-order valence-corrected chi connectivity index (χ1v) is 7.76. The summed E-state index contributed by atoms with van der Waals surface area (Å²) in [7, 11) is 0. The molecule has 110 valence electrons. The van der Waals surface area contributed by atoms with Crippen molar-refractivity contribution in [3.63, 3.8) is 0 Å². The fourth-order valence-corrected chi connectivity index (χ4v) is 2.31. The second-order valence-corrected chi connectivity index (χ2v) is 6.61. The highest BCUT2D eigenvalue weighted by atomic mass is 32.2. The van der Waals surface area contributed by atoms with Gasteiger partial charge in [-0.3, -0.25) is 4.79 Å². The summed E-state index contributed by atoms with van der Waals surface area (Å²) in [4.78, 5) is 23.3. The maximum Gasteiger partial charge on any atom is 0.326 e. The molecular weight excluding hydrogens is 274 g/mol. The number of hydrogen-bond acceptors (Lipinski definition) is 3. The molecule has 1 rings (SSSR count). The quantitative estimate of drug-likeness (QED) is 0.876. The second-order valence-electron chi connectivity index (χ2n) is 5.74. The number of carbonyl (C=O) groups excluding carboxylic acids is 1. The van der Waals surface area contributed by atoms with Gasteiger partial charge < -0.3 is 10.4 Å². The average molecular weight is 295 g/mol. The van der Waals surface area contributed by atoms with Gasteiger partial charge in [-0.2, -0.15) is 11.8 Å². The molecule has 0 saturated heterocycles. The number of rotatable bonds is 5. The largest absolute Gasteiger partial charge is 0.480 e. The van der Waals surface area contributed by atoms with E-state index in [0.29, 0.717) is 5.56 Å². The first-order valence-electron chi connectivity index (χ1n) is 6.37. The van der Waals surface area contributed by atoms with Crippen LogP contribution in [-0.2, 0) is 10.5 Å². The van der Waals surface area contributed by atoms with Gasteiger partial charge in [0.1, 0.15) is 6.04 Å². The van der Waals surface area contributed by atoms with Crippen LogP contribution in [0.4, 0.5) is 0 Å². The number of aliphatic carboxylic acids is 1. The lowest BCUT2D eigenvalue weighted by Gasteiger charge is -2.27. The van der Waals surface area contributed by atoms with Crippen molar-refractivity contribution in [2.24, 2.45) is 5.41 Å². The van der Waals surface area contributed by atoms with Crippen LogP contribution in [0.15, 0.2) is 24.3 Å². The van der Waals surface area contributed by atoms with Crippen molar-refractivity contribution in [1.82, 2.24) is 5.32 Å².